The summed E-state index contributed by atoms with van der Waals surface area (Å²) in [5, 5.41) is 19.2. The molecule has 0 unspecified atom stereocenters. The molecule has 0 saturated heterocycles. The molecule has 0 spiro atoms. The van der Waals surface area contributed by atoms with E-state index in [0.717, 1.165) is 53.9 Å². The Morgan fingerprint density at radius 2 is 1.94 bits per heavy atom. The molecule has 0 bridgehead atoms. The number of nitrogens with zero attached hydrogens (tertiary/aromatic N) is 4. The van der Waals surface area contributed by atoms with Crippen LogP contribution in [0.4, 0.5) is 0 Å². The third-order valence-corrected chi connectivity index (χ3v) is 6.51. The van der Waals surface area contributed by atoms with Crippen molar-refractivity contribution in [3.63, 3.8) is 0 Å². The highest BCUT2D eigenvalue weighted by Crippen LogP contribution is 2.34. The molecule has 2 aromatic heterocycles. The lowest BCUT2D eigenvalue weighted by molar-refractivity contribution is -0.150. The molecule has 1 aromatic carbocycles. The predicted molar refractivity (Wildman–Crippen MR) is 129 cm³/mol. The van der Waals surface area contributed by atoms with Gasteiger partial charge in [-0.2, -0.15) is 5.10 Å². The van der Waals surface area contributed by atoms with Crippen molar-refractivity contribution in [3.8, 4) is 22.5 Å². The average Bonchev–Trinajstić information content (AvgIpc) is 3.46. The van der Waals surface area contributed by atoms with Gasteiger partial charge in [-0.3, -0.25) is 9.89 Å². The second-order valence-corrected chi connectivity index (χ2v) is 9.10. The minimum absolute atomic E-state index is 0.121. The minimum Gasteiger partial charge on any atom is -0.380 e. The van der Waals surface area contributed by atoms with Crippen LogP contribution in [0.25, 0.3) is 22.5 Å². The van der Waals surface area contributed by atoms with Crippen LogP contribution in [-0.4, -0.2) is 54.8 Å². The maximum absolute atomic E-state index is 13.0. The number of hydrogen-bond donors (Lipinski definition) is 2. The van der Waals surface area contributed by atoms with Crippen LogP contribution in [0.3, 0.4) is 0 Å². The van der Waals surface area contributed by atoms with Crippen molar-refractivity contribution in [3.05, 3.63) is 53.6 Å². The summed E-state index contributed by atoms with van der Waals surface area (Å²) < 4.78 is 0. The van der Waals surface area contributed by atoms with Gasteiger partial charge in [-0.05, 0) is 63.1 Å². The fourth-order valence-electron chi connectivity index (χ4n) is 4.59. The molecule has 3 aromatic rings. The molecule has 1 fully saturated rings. The zero-order valence-electron chi connectivity index (χ0n) is 18.9. The molecule has 4 rings (SSSR count). The van der Waals surface area contributed by atoms with Crippen LogP contribution >= 0.6 is 11.6 Å². The molecular formula is C25H30ClN5O2. The van der Waals surface area contributed by atoms with Crippen molar-refractivity contribution in [2.75, 3.05) is 13.1 Å². The third-order valence-electron chi connectivity index (χ3n) is 6.26. The Bertz CT molecular complexity index is 1060. The van der Waals surface area contributed by atoms with Gasteiger partial charge in [0.15, 0.2) is 0 Å². The van der Waals surface area contributed by atoms with E-state index in [2.05, 4.69) is 27.1 Å². The highest BCUT2D eigenvalue weighted by molar-refractivity contribution is 6.30. The van der Waals surface area contributed by atoms with E-state index < -0.39 is 5.60 Å². The minimum atomic E-state index is -1.18. The van der Waals surface area contributed by atoms with Gasteiger partial charge in [-0.15, -0.1) is 0 Å². The van der Waals surface area contributed by atoms with Crippen LogP contribution in [-0.2, 0) is 11.2 Å². The third kappa shape index (κ3) is 5.25. The normalized spacial score (nSPS) is 15.0. The number of carbonyl (C=O) groups is 1. The summed E-state index contributed by atoms with van der Waals surface area (Å²) in [6.07, 6.45) is 8.51. The first-order valence-corrected chi connectivity index (χ1v) is 12.0. The monoisotopic (exact) mass is 467 g/mol. The zero-order valence-corrected chi connectivity index (χ0v) is 19.7. The molecule has 7 nitrogen and oxygen atoms in total. The lowest BCUT2D eigenvalue weighted by Crippen LogP contribution is -2.48. The van der Waals surface area contributed by atoms with Crippen molar-refractivity contribution in [1.29, 1.82) is 0 Å². The number of rotatable bonds is 9. The molecule has 1 aliphatic rings. The molecule has 33 heavy (non-hydrogen) atoms. The van der Waals surface area contributed by atoms with E-state index in [1.54, 1.807) is 6.20 Å². The molecule has 174 valence electrons. The van der Waals surface area contributed by atoms with E-state index in [4.69, 9.17) is 11.6 Å². The van der Waals surface area contributed by atoms with Gasteiger partial charge in [0.05, 0.1) is 5.69 Å². The lowest BCUT2D eigenvalue weighted by atomic mass is 9.99. The molecule has 0 radical (unpaired) electrons. The number of benzene rings is 1. The first kappa shape index (κ1) is 23.4. The van der Waals surface area contributed by atoms with E-state index in [1.807, 2.05) is 35.2 Å². The largest absolute Gasteiger partial charge is 0.380 e. The van der Waals surface area contributed by atoms with Crippen LogP contribution in [0.5, 0.6) is 0 Å². The first-order valence-electron chi connectivity index (χ1n) is 11.6. The van der Waals surface area contributed by atoms with Crippen molar-refractivity contribution < 1.29 is 9.90 Å². The standard InChI is InChI=1S/C25H30ClN5O2/c1-2-15-31(24(32)25(33)12-3-4-13-25)16-5-6-21-22(20-11-14-27-17-28-20)23(30-29-21)18-7-9-19(26)10-8-18/h7-11,14,17,33H,2-6,12-13,15-16H2,1H3,(H,29,30). The Kier molecular flexibility index (Phi) is 7.40. The Hall–Kier alpha value is -2.77. The van der Waals surface area contributed by atoms with Crippen LogP contribution in [0, 0.1) is 0 Å². The van der Waals surface area contributed by atoms with Gasteiger partial charge in [-0.25, -0.2) is 9.97 Å². The van der Waals surface area contributed by atoms with Gasteiger partial charge in [0, 0.05) is 41.1 Å². The molecular weight excluding hydrogens is 438 g/mol. The van der Waals surface area contributed by atoms with Crippen molar-refractivity contribution in [2.24, 2.45) is 0 Å². The highest BCUT2D eigenvalue weighted by Gasteiger charge is 2.41. The van der Waals surface area contributed by atoms with Gasteiger partial charge in [-0.1, -0.05) is 30.7 Å². The molecule has 0 aliphatic heterocycles. The Balaban J connectivity index is 1.54. The quantitative estimate of drug-likeness (QED) is 0.477. The van der Waals surface area contributed by atoms with Gasteiger partial charge in [0.1, 0.15) is 17.6 Å². The van der Waals surface area contributed by atoms with Gasteiger partial charge in [0.25, 0.3) is 5.91 Å². The highest BCUT2D eigenvalue weighted by atomic mass is 35.5. The maximum Gasteiger partial charge on any atom is 0.254 e. The molecule has 2 heterocycles. The number of aromatic amines is 1. The van der Waals surface area contributed by atoms with E-state index in [9.17, 15) is 9.90 Å². The summed E-state index contributed by atoms with van der Waals surface area (Å²) in [7, 11) is 0. The Morgan fingerprint density at radius 3 is 2.61 bits per heavy atom. The second kappa shape index (κ2) is 10.4. The van der Waals surface area contributed by atoms with Gasteiger partial charge >= 0.3 is 0 Å². The van der Waals surface area contributed by atoms with E-state index in [-0.39, 0.29) is 5.91 Å². The van der Waals surface area contributed by atoms with Crippen LogP contribution in [0.2, 0.25) is 5.02 Å². The topological polar surface area (TPSA) is 95.0 Å². The maximum atomic E-state index is 13.0. The van der Waals surface area contributed by atoms with Crippen LogP contribution < -0.4 is 0 Å². The fraction of sp³-hybridized carbons (Fsp3) is 0.440. The van der Waals surface area contributed by atoms with E-state index in [0.29, 0.717) is 37.4 Å². The zero-order chi connectivity index (χ0) is 23.3. The molecule has 1 amide bonds. The molecule has 1 saturated carbocycles. The smallest absolute Gasteiger partial charge is 0.254 e. The summed E-state index contributed by atoms with van der Waals surface area (Å²) >= 11 is 6.07. The van der Waals surface area contributed by atoms with E-state index in [1.165, 1.54) is 6.33 Å². The number of amides is 1. The van der Waals surface area contributed by atoms with Crippen molar-refractivity contribution >= 4 is 17.5 Å². The summed E-state index contributed by atoms with van der Waals surface area (Å²) in [4.78, 5) is 23.4. The number of nitrogens with one attached hydrogen (secondary N) is 1. The lowest BCUT2D eigenvalue weighted by Gasteiger charge is -2.30. The van der Waals surface area contributed by atoms with Crippen LogP contribution in [0.1, 0.15) is 51.1 Å². The molecule has 8 heteroatoms. The number of aliphatic hydroxyl groups is 1. The molecule has 2 N–H and O–H groups in total. The Morgan fingerprint density at radius 1 is 1.18 bits per heavy atom. The average molecular weight is 468 g/mol. The number of halogens is 1. The number of aromatic nitrogens is 4. The van der Waals surface area contributed by atoms with Gasteiger partial charge < -0.3 is 10.0 Å². The number of aryl methyl sites for hydroxylation is 1. The van der Waals surface area contributed by atoms with Crippen molar-refractivity contribution in [1.82, 2.24) is 25.1 Å². The molecule has 1 aliphatic carbocycles. The molecule has 0 atom stereocenters. The summed E-state index contributed by atoms with van der Waals surface area (Å²) in [5.74, 6) is -0.121. The fourth-order valence-corrected chi connectivity index (χ4v) is 4.72. The van der Waals surface area contributed by atoms with E-state index >= 15 is 0 Å². The Labute approximate surface area is 199 Å². The van der Waals surface area contributed by atoms with Gasteiger partial charge in [0.2, 0.25) is 0 Å². The van der Waals surface area contributed by atoms with Crippen LogP contribution in [0.15, 0.2) is 42.9 Å². The summed E-state index contributed by atoms with van der Waals surface area (Å²) in [5.41, 5.74) is 3.26. The number of hydrogen-bond acceptors (Lipinski definition) is 5. The summed E-state index contributed by atoms with van der Waals surface area (Å²) in [6, 6.07) is 9.44. The van der Waals surface area contributed by atoms with Crippen molar-refractivity contribution in [2.45, 2.75) is 57.5 Å². The predicted octanol–water partition coefficient (Wildman–Crippen LogP) is 4.66. The number of carbonyl (C=O) groups excluding carboxylic acids is 1. The SMILES string of the molecule is CCCN(CCCc1[nH]nc(-c2ccc(Cl)cc2)c1-c1ccncn1)C(=O)C1(O)CCCC1. The summed E-state index contributed by atoms with van der Waals surface area (Å²) in [6.45, 7) is 3.30. The number of H-pyrrole nitrogens is 1. The first-order chi connectivity index (χ1) is 16.0. The second-order valence-electron chi connectivity index (χ2n) is 8.66.